The van der Waals surface area contributed by atoms with E-state index in [9.17, 15) is 0 Å². The molecule has 0 aliphatic heterocycles. The first-order chi connectivity index (χ1) is 60.0. The number of hydrogen-bond acceptors (Lipinski definition) is 3. The van der Waals surface area contributed by atoms with Gasteiger partial charge in [0.15, 0.2) is 0 Å². The van der Waals surface area contributed by atoms with Crippen molar-refractivity contribution in [3.63, 3.8) is 0 Å². The van der Waals surface area contributed by atoms with E-state index in [-0.39, 0.29) is 0 Å². The summed E-state index contributed by atoms with van der Waals surface area (Å²) in [6.07, 6.45) is 0. The monoisotopic (exact) mass is 1550 g/mol. The zero-order chi connectivity index (χ0) is 79.0. The standard InChI is InChI=1S/C118H70N2S/c1-5-31-75(32-6-1)115(76-33-7-2-8-34-76)101-55-27-19-45-89(101)107-91(47-29-57-103(107)115)113-111-112(114(121-113)92-48-30-58-104-108(92)90-46-20-28-56-102(90)116(104,77-35-9-3-10-36-77)78-37-11-4-12-38-78)120-110-94-68-72(74-62-66-88-86-44-18-26-54-100(86)118(106(88)70-74)97-51-23-15-41-83(97)84-42-16-24-52-98(84)118)60-64-80(94)79-63-59-71(67-93(79)109(110)119-111)73-61-65-87-85-43-17-25-53-99(85)117(105(87)69-73)95-49-21-13-39-81(95)82-40-14-22-50-96(82)117/h1-70H. The summed E-state index contributed by atoms with van der Waals surface area (Å²) in [6, 6.07) is 161. The van der Waals surface area contributed by atoms with Gasteiger partial charge in [0.05, 0.1) is 42.4 Å². The third-order valence-corrected chi connectivity index (χ3v) is 29.7. The fourth-order valence-electron chi connectivity index (χ4n) is 23.9. The quantitative estimate of drug-likeness (QED) is 0.142. The lowest BCUT2D eigenvalue weighted by Gasteiger charge is -2.34. The second-order valence-corrected chi connectivity index (χ2v) is 34.7. The molecule has 3 heteroatoms. The molecular formula is C118H70N2S. The zero-order valence-corrected chi connectivity index (χ0v) is 66.5. The van der Waals surface area contributed by atoms with E-state index in [1.807, 2.05) is 11.3 Å². The molecule has 0 saturated heterocycles. The number of fused-ring (bicyclic) bond motifs is 33. The lowest BCUT2D eigenvalue weighted by molar-refractivity contribution is 0.768. The van der Waals surface area contributed by atoms with Crippen LogP contribution in [0.15, 0.2) is 425 Å². The molecule has 6 aliphatic carbocycles. The first-order valence-corrected chi connectivity index (χ1v) is 43.1. The maximum atomic E-state index is 6.51. The maximum absolute atomic E-state index is 6.51. The molecule has 2 heterocycles. The molecule has 0 amide bonds. The van der Waals surface area contributed by atoms with E-state index in [0.29, 0.717) is 0 Å². The Bertz CT molecular complexity index is 7410. The van der Waals surface area contributed by atoms with E-state index in [1.54, 1.807) is 0 Å². The van der Waals surface area contributed by atoms with Gasteiger partial charge >= 0.3 is 0 Å². The van der Waals surface area contributed by atoms with Crippen LogP contribution >= 0.6 is 11.3 Å². The molecule has 6 aliphatic rings. The van der Waals surface area contributed by atoms with Crippen molar-refractivity contribution in [2.24, 2.45) is 0 Å². The topological polar surface area (TPSA) is 25.8 Å². The van der Waals surface area contributed by atoms with E-state index in [2.05, 4.69) is 425 Å². The molecule has 0 N–H and O–H groups in total. The van der Waals surface area contributed by atoms with Crippen molar-refractivity contribution < 1.29 is 0 Å². The molecule has 2 nitrogen and oxygen atoms in total. The van der Waals surface area contributed by atoms with E-state index >= 15 is 0 Å². The van der Waals surface area contributed by atoms with E-state index in [0.717, 1.165) is 86.7 Å². The summed E-state index contributed by atoms with van der Waals surface area (Å²) in [4.78, 5) is 15.2. The molecule has 0 saturated carbocycles. The number of hydrogen-bond donors (Lipinski definition) is 0. The zero-order valence-electron chi connectivity index (χ0n) is 65.7. The Balaban J connectivity index is 0.760. The SMILES string of the molecule is c1ccc(C2(c3ccccc3)c3ccccc3-c3c(-c4sc(-c5cccc6c5-c5ccccc5C6(c5ccccc5)c5ccccc5)c5nc6c7cc(-c8ccc9c(c8)C8(c%10ccccc%10-c%10ccccc%108)c8ccccc8-9)ccc7c7ccc(-c8ccc9c(c8)C8(c%10ccccc%10-c%10ccccc%108)c8ccccc8-9)cc7c6nc45)cccc32)cc1. The fraction of sp³-hybridized carbons (Fsp3) is 0.0339. The lowest BCUT2D eigenvalue weighted by Crippen LogP contribution is -2.28. The molecule has 121 heavy (non-hydrogen) atoms. The van der Waals surface area contributed by atoms with Crippen LogP contribution in [0.25, 0.3) is 154 Å². The Hall–Kier alpha value is -15.0. The first-order valence-electron chi connectivity index (χ1n) is 42.3. The third-order valence-electron chi connectivity index (χ3n) is 28.5. The van der Waals surface area contributed by atoms with Crippen molar-refractivity contribution in [2.45, 2.75) is 21.7 Å². The van der Waals surface area contributed by atoms with Crippen LogP contribution in [0.5, 0.6) is 0 Å². The van der Waals surface area contributed by atoms with Gasteiger partial charge in [0.25, 0.3) is 0 Å². The summed E-state index contributed by atoms with van der Waals surface area (Å²) < 4.78 is 0. The molecule has 558 valence electrons. The van der Waals surface area contributed by atoms with E-state index in [4.69, 9.17) is 9.97 Å². The van der Waals surface area contributed by atoms with Gasteiger partial charge in [0.1, 0.15) is 11.0 Å². The molecule has 19 aromatic carbocycles. The molecular weight excluding hydrogens is 1480 g/mol. The minimum atomic E-state index is -0.649. The predicted octanol–water partition coefficient (Wildman–Crippen LogP) is 29.2. The highest BCUT2D eigenvalue weighted by Crippen LogP contribution is 2.68. The second kappa shape index (κ2) is 24.8. The van der Waals surface area contributed by atoms with E-state index in [1.165, 1.54) is 156 Å². The largest absolute Gasteiger partial charge is 0.242 e. The van der Waals surface area contributed by atoms with Crippen LogP contribution in [0.3, 0.4) is 0 Å². The fourth-order valence-corrected chi connectivity index (χ4v) is 25.2. The number of nitrogens with zero attached hydrogens (tertiary/aromatic N) is 2. The average molecular weight is 1550 g/mol. The predicted molar refractivity (Wildman–Crippen MR) is 499 cm³/mol. The summed E-state index contributed by atoms with van der Waals surface area (Å²) in [5, 5.41) is 4.34. The van der Waals surface area contributed by atoms with Crippen LogP contribution in [0, 0.1) is 0 Å². The second-order valence-electron chi connectivity index (χ2n) is 33.7. The van der Waals surface area contributed by atoms with Gasteiger partial charge in [-0.25, -0.2) is 9.97 Å². The van der Waals surface area contributed by atoms with Crippen molar-refractivity contribution in [1.29, 1.82) is 0 Å². The van der Waals surface area contributed by atoms with Crippen LogP contribution in [-0.2, 0) is 21.7 Å². The van der Waals surface area contributed by atoms with Gasteiger partial charge in [-0.2, -0.15) is 0 Å². The first kappa shape index (κ1) is 67.1. The molecule has 0 atom stereocenters. The molecule has 0 unspecified atom stereocenters. The van der Waals surface area contributed by atoms with E-state index < -0.39 is 21.7 Å². The van der Waals surface area contributed by atoms with Gasteiger partial charge in [-0.1, -0.05) is 400 Å². The van der Waals surface area contributed by atoms with Gasteiger partial charge in [-0.3, -0.25) is 0 Å². The number of rotatable bonds is 8. The van der Waals surface area contributed by atoms with Crippen molar-refractivity contribution in [3.05, 3.63) is 514 Å². The summed E-state index contributed by atoms with van der Waals surface area (Å²) >= 11 is 1.85. The van der Waals surface area contributed by atoms with Crippen molar-refractivity contribution in [2.75, 3.05) is 0 Å². The number of thiophene rings is 1. The molecule has 0 radical (unpaired) electrons. The minimum Gasteiger partial charge on any atom is -0.242 e. The number of benzene rings is 19. The van der Waals surface area contributed by atoms with Gasteiger partial charge < -0.3 is 0 Å². The molecule has 0 bridgehead atoms. The van der Waals surface area contributed by atoms with Crippen LogP contribution in [-0.4, -0.2) is 9.97 Å². The minimum absolute atomic E-state index is 0.516. The van der Waals surface area contributed by atoms with Gasteiger partial charge in [0.2, 0.25) is 0 Å². The highest BCUT2D eigenvalue weighted by atomic mass is 32.1. The molecule has 27 rings (SSSR count). The van der Waals surface area contributed by atoms with Crippen LogP contribution in [0.4, 0.5) is 0 Å². The Labute approximate surface area is 705 Å². The Morgan fingerprint density at radius 3 is 0.711 bits per heavy atom. The van der Waals surface area contributed by atoms with Crippen LogP contribution in [0.2, 0.25) is 0 Å². The van der Waals surface area contributed by atoms with Crippen molar-refractivity contribution in [1.82, 2.24) is 9.97 Å². The smallest absolute Gasteiger partial charge is 0.109 e. The van der Waals surface area contributed by atoms with Gasteiger partial charge in [-0.15, -0.1) is 11.3 Å². The third kappa shape index (κ3) is 8.55. The Morgan fingerprint density at radius 1 is 0.157 bits per heavy atom. The summed E-state index contributed by atoms with van der Waals surface area (Å²) in [5.74, 6) is 0. The highest BCUT2D eigenvalue weighted by molar-refractivity contribution is 7.21. The molecule has 2 spiro atoms. The molecule has 21 aromatic rings. The lowest BCUT2D eigenvalue weighted by atomic mass is 9.67. The summed E-state index contributed by atoms with van der Waals surface area (Å²) in [6.45, 7) is 0. The van der Waals surface area contributed by atoms with Crippen LogP contribution in [0.1, 0.15) is 89.0 Å². The molecule has 0 fully saturated rings. The van der Waals surface area contributed by atoms with Crippen LogP contribution < -0.4 is 0 Å². The Kier molecular flexibility index (Phi) is 13.7. The Morgan fingerprint density at radius 2 is 0.397 bits per heavy atom. The normalized spacial score (nSPS) is 14.5. The van der Waals surface area contributed by atoms with Gasteiger partial charge in [-0.05, 0) is 213 Å². The van der Waals surface area contributed by atoms with Crippen molar-refractivity contribution in [3.8, 4) is 110 Å². The number of aromatic nitrogens is 2. The summed E-state index contributed by atoms with van der Waals surface area (Å²) in [5.41, 5.74) is 43.5. The average Bonchev–Trinajstić information content (AvgIpc) is 1.50. The molecule has 2 aromatic heterocycles. The van der Waals surface area contributed by atoms with Crippen molar-refractivity contribution >= 4 is 54.9 Å². The highest BCUT2D eigenvalue weighted by Gasteiger charge is 2.55. The summed E-state index contributed by atoms with van der Waals surface area (Å²) in [7, 11) is 0. The van der Waals surface area contributed by atoms with Gasteiger partial charge in [0, 0.05) is 21.9 Å². The maximum Gasteiger partial charge on any atom is 0.109 e.